The number of nitrogen functional groups attached to an aromatic ring is 1. The van der Waals surface area contributed by atoms with E-state index in [1.807, 2.05) is 44.2 Å². The minimum Gasteiger partial charge on any atom is -0.456 e. The van der Waals surface area contributed by atoms with E-state index in [1.54, 1.807) is 12.4 Å². The maximum atomic E-state index is 6.11. The van der Waals surface area contributed by atoms with Crippen LogP contribution in [0.1, 0.15) is 11.1 Å². The maximum Gasteiger partial charge on any atom is 0.136 e. The van der Waals surface area contributed by atoms with Gasteiger partial charge in [0.15, 0.2) is 0 Å². The molecule has 1 aromatic heterocycles. The second kappa shape index (κ2) is 5.26. The second-order valence-electron chi connectivity index (χ2n) is 5.04. The Morgan fingerprint density at radius 3 is 2.48 bits per heavy atom. The first-order valence-corrected chi connectivity index (χ1v) is 7.01. The van der Waals surface area contributed by atoms with Crippen molar-refractivity contribution in [1.29, 1.82) is 0 Å². The summed E-state index contributed by atoms with van der Waals surface area (Å²) in [6.07, 6.45) is 3.49. The van der Waals surface area contributed by atoms with Crippen molar-refractivity contribution in [2.75, 3.05) is 5.73 Å². The molecule has 0 saturated heterocycles. The number of benzene rings is 2. The highest BCUT2D eigenvalue weighted by Crippen LogP contribution is 2.36. The number of aryl methyl sites for hydroxylation is 2. The average molecular weight is 299 g/mol. The van der Waals surface area contributed by atoms with E-state index in [4.69, 9.17) is 22.1 Å². The molecule has 3 nitrogen and oxygen atoms in total. The number of hydrogen-bond acceptors (Lipinski definition) is 3. The number of pyridine rings is 1. The van der Waals surface area contributed by atoms with E-state index in [0.717, 1.165) is 33.4 Å². The molecule has 3 aromatic rings. The molecule has 2 N–H and O–H groups in total. The standard InChI is InChI=1S/C17H15ClN2O/c1-10-7-12(18)8-11(2)17(10)21-16-4-3-15(19)13-5-6-20-9-14(13)16/h3-9H,19H2,1-2H3. The Kier molecular flexibility index (Phi) is 3.43. The van der Waals surface area contributed by atoms with Gasteiger partial charge in [0.25, 0.3) is 0 Å². The van der Waals surface area contributed by atoms with Gasteiger partial charge in [-0.3, -0.25) is 4.98 Å². The normalized spacial score (nSPS) is 10.8. The average Bonchev–Trinajstić information content (AvgIpc) is 2.45. The summed E-state index contributed by atoms with van der Waals surface area (Å²) in [5, 5.41) is 2.54. The Bertz CT molecular complexity index is 807. The van der Waals surface area contributed by atoms with Crippen LogP contribution in [0.4, 0.5) is 5.69 Å². The van der Waals surface area contributed by atoms with E-state index in [1.165, 1.54) is 0 Å². The smallest absolute Gasteiger partial charge is 0.136 e. The molecule has 0 aliphatic carbocycles. The summed E-state index contributed by atoms with van der Waals surface area (Å²) >= 11 is 6.06. The Hall–Kier alpha value is -2.26. The largest absolute Gasteiger partial charge is 0.456 e. The Labute approximate surface area is 128 Å². The summed E-state index contributed by atoms with van der Waals surface area (Å²) in [6, 6.07) is 9.38. The summed E-state index contributed by atoms with van der Waals surface area (Å²) in [7, 11) is 0. The van der Waals surface area contributed by atoms with Crippen molar-refractivity contribution in [1.82, 2.24) is 4.98 Å². The number of nitrogens with zero attached hydrogens (tertiary/aromatic N) is 1. The first-order valence-electron chi connectivity index (χ1n) is 6.63. The minimum absolute atomic E-state index is 0.709. The van der Waals surface area contributed by atoms with E-state index in [0.29, 0.717) is 10.7 Å². The molecule has 0 aliphatic rings. The van der Waals surface area contributed by atoms with Crippen LogP contribution in [-0.2, 0) is 0 Å². The van der Waals surface area contributed by atoms with Gasteiger partial charge in [0.1, 0.15) is 11.5 Å². The van der Waals surface area contributed by atoms with Gasteiger partial charge in [0, 0.05) is 33.9 Å². The molecule has 1 heterocycles. The van der Waals surface area contributed by atoms with Gasteiger partial charge in [-0.2, -0.15) is 0 Å². The molecule has 21 heavy (non-hydrogen) atoms. The van der Waals surface area contributed by atoms with Crippen molar-refractivity contribution in [3.8, 4) is 11.5 Å². The number of fused-ring (bicyclic) bond motifs is 1. The van der Waals surface area contributed by atoms with Crippen LogP contribution >= 0.6 is 11.6 Å². The third-order valence-electron chi connectivity index (χ3n) is 3.45. The quantitative estimate of drug-likeness (QED) is 0.686. The van der Waals surface area contributed by atoms with Crippen LogP contribution in [0.15, 0.2) is 42.7 Å². The Morgan fingerprint density at radius 2 is 1.76 bits per heavy atom. The summed E-state index contributed by atoms with van der Waals surface area (Å²) in [5.74, 6) is 1.55. The number of ether oxygens (including phenoxy) is 1. The zero-order valence-electron chi connectivity index (χ0n) is 11.9. The summed E-state index contributed by atoms with van der Waals surface area (Å²) < 4.78 is 6.11. The molecule has 0 spiro atoms. The van der Waals surface area contributed by atoms with Crippen LogP contribution in [-0.4, -0.2) is 4.98 Å². The number of hydrogen-bond donors (Lipinski definition) is 1. The predicted molar refractivity (Wildman–Crippen MR) is 87.2 cm³/mol. The molecule has 0 bridgehead atoms. The fraction of sp³-hybridized carbons (Fsp3) is 0.118. The lowest BCUT2D eigenvalue weighted by Gasteiger charge is -2.14. The fourth-order valence-corrected chi connectivity index (χ4v) is 2.77. The summed E-state index contributed by atoms with van der Waals surface area (Å²) in [6.45, 7) is 3.96. The van der Waals surface area contributed by atoms with Gasteiger partial charge in [0.05, 0.1) is 0 Å². The van der Waals surface area contributed by atoms with Gasteiger partial charge in [-0.1, -0.05) is 11.6 Å². The van der Waals surface area contributed by atoms with E-state index in [2.05, 4.69) is 4.98 Å². The van der Waals surface area contributed by atoms with Crippen molar-refractivity contribution in [2.24, 2.45) is 0 Å². The number of anilines is 1. The Balaban J connectivity index is 2.13. The zero-order chi connectivity index (χ0) is 15.0. The molecule has 3 rings (SSSR count). The van der Waals surface area contributed by atoms with Crippen LogP contribution in [0.3, 0.4) is 0 Å². The second-order valence-corrected chi connectivity index (χ2v) is 5.48. The molecule has 106 valence electrons. The number of rotatable bonds is 2. The van der Waals surface area contributed by atoms with Crippen molar-refractivity contribution in [3.63, 3.8) is 0 Å². The highest BCUT2D eigenvalue weighted by Gasteiger charge is 2.10. The molecule has 0 aliphatic heterocycles. The molecule has 0 unspecified atom stereocenters. The highest BCUT2D eigenvalue weighted by molar-refractivity contribution is 6.30. The van der Waals surface area contributed by atoms with Gasteiger partial charge in [-0.15, -0.1) is 0 Å². The van der Waals surface area contributed by atoms with Crippen LogP contribution in [0.25, 0.3) is 10.8 Å². The van der Waals surface area contributed by atoms with E-state index in [-0.39, 0.29) is 0 Å². The summed E-state index contributed by atoms with van der Waals surface area (Å²) in [5.41, 5.74) is 8.70. The lowest BCUT2D eigenvalue weighted by molar-refractivity contribution is 0.480. The van der Waals surface area contributed by atoms with Gasteiger partial charge in [-0.05, 0) is 55.3 Å². The molecule has 0 radical (unpaired) electrons. The molecular formula is C17H15ClN2O. The topological polar surface area (TPSA) is 48.1 Å². The van der Waals surface area contributed by atoms with Gasteiger partial charge >= 0.3 is 0 Å². The number of halogens is 1. The van der Waals surface area contributed by atoms with Crippen LogP contribution in [0.2, 0.25) is 5.02 Å². The fourth-order valence-electron chi connectivity index (χ4n) is 2.44. The van der Waals surface area contributed by atoms with Crippen molar-refractivity contribution in [3.05, 3.63) is 58.9 Å². The third kappa shape index (κ3) is 2.52. The van der Waals surface area contributed by atoms with Gasteiger partial charge < -0.3 is 10.5 Å². The zero-order valence-corrected chi connectivity index (χ0v) is 12.6. The molecule has 4 heteroatoms. The molecule has 0 fully saturated rings. The Morgan fingerprint density at radius 1 is 1.05 bits per heavy atom. The van der Waals surface area contributed by atoms with Gasteiger partial charge in [0.2, 0.25) is 0 Å². The van der Waals surface area contributed by atoms with Crippen LogP contribution < -0.4 is 10.5 Å². The first-order chi connectivity index (χ1) is 10.1. The van der Waals surface area contributed by atoms with Crippen molar-refractivity contribution >= 4 is 28.1 Å². The molecular weight excluding hydrogens is 284 g/mol. The lowest BCUT2D eigenvalue weighted by atomic mass is 10.1. The van der Waals surface area contributed by atoms with Crippen LogP contribution in [0.5, 0.6) is 11.5 Å². The van der Waals surface area contributed by atoms with Crippen LogP contribution in [0, 0.1) is 13.8 Å². The molecule has 0 saturated carbocycles. The lowest BCUT2D eigenvalue weighted by Crippen LogP contribution is -1.94. The predicted octanol–water partition coefficient (Wildman–Crippen LogP) is 4.88. The number of aromatic nitrogens is 1. The first kappa shape index (κ1) is 13.7. The van der Waals surface area contributed by atoms with Gasteiger partial charge in [-0.25, -0.2) is 0 Å². The maximum absolute atomic E-state index is 6.11. The molecule has 0 atom stereocenters. The van der Waals surface area contributed by atoms with E-state index in [9.17, 15) is 0 Å². The van der Waals surface area contributed by atoms with E-state index < -0.39 is 0 Å². The highest BCUT2D eigenvalue weighted by atomic mass is 35.5. The monoisotopic (exact) mass is 298 g/mol. The SMILES string of the molecule is Cc1cc(Cl)cc(C)c1Oc1ccc(N)c2ccncc12. The minimum atomic E-state index is 0.709. The van der Waals surface area contributed by atoms with Crippen molar-refractivity contribution < 1.29 is 4.74 Å². The molecule has 0 amide bonds. The third-order valence-corrected chi connectivity index (χ3v) is 3.67. The van der Waals surface area contributed by atoms with Crippen molar-refractivity contribution in [2.45, 2.75) is 13.8 Å². The summed E-state index contributed by atoms with van der Waals surface area (Å²) in [4.78, 5) is 4.16. The molecule has 2 aromatic carbocycles. The number of nitrogens with two attached hydrogens (primary N) is 1. The van der Waals surface area contributed by atoms with E-state index >= 15 is 0 Å².